The molecule has 1 heterocycles. The molecule has 0 fully saturated rings. The number of fused-ring (bicyclic) bond motifs is 1. The maximum absolute atomic E-state index is 6.14. The fourth-order valence-corrected chi connectivity index (χ4v) is 2.36. The van der Waals surface area contributed by atoms with Crippen LogP contribution in [0.2, 0.25) is 0 Å². The molecule has 0 saturated carbocycles. The highest BCUT2D eigenvalue weighted by Crippen LogP contribution is 2.29. The molecule has 0 bridgehead atoms. The Hall–Kier alpha value is -1.61. The van der Waals surface area contributed by atoms with Crippen molar-refractivity contribution in [3.05, 3.63) is 36.0 Å². The Morgan fingerprint density at radius 1 is 1.21 bits per heavy atom. The molecule has 3 nitrogen and oxygen atoms in total. The van der Waals surface area contributed by atoms with Crippen LogP contribution in [0.5, 0.6) is 5.75 Å². The molecule has 0 aliphatic rings. The first-order valence-electron chi connectivity index (χ1n) is 6.85. The van der Waals surface area contributed by atoms with E-state index in [9.17, 15) is 0 Å². The number of hydrogen-bond acceptors (Lipinski definition) is 3. The number of para-hydroxylation sites is 1. The van der Waals surface area contributed by atoms with Gasteiger partial charge in [-0.05, 0) is 31.4 Å². The van der Waals surface area contributed by atoms with Gasteiger partial charge in [0, 0.05) is 23.7 Å². The van der Waals surface area contributed by atoms with Gasteiger partial charge in [-0.25, -0.2) is 0 Å². The number of benzene rings is 1. The molecule has 0 aliphatic carbocycles. The minimum atomic E-state index is 0.177. The van der Waals surface area contributed by atoms with Crippen LogP contribution in [0.25, 0.3) is 10.9 Å². The summed E-state index contributed by atoms with van der Waals surface area (Å²) in [6, 6.07) is 8.03. The monoisotopic (exact) mass is 258 g/mol. The van der Waals surface area contributed by atoms with Crippen LogP contribution in [0.4, 0.5) is 0 Å². The Bertz CT molecular complexity index is 551. The highest BCUT2D eigenvalue weighted by atomic mass is 16.5. The SMILES string of the molecule is CC(C)CC(C)Oc1c(CN)cnc2ccccc12. The maximum Gasteiger partial charge on any atom is 0.135 e. The van der Waals surface area contributed by atoms with E-state index in [1.54, 1.807) is 0 Å². The van der Waals surface area contributed by atoms with Crippen LogP contribution in [0, 0.1) is 5.92 Å². The van der Waals surface area contributed by atoms with Crippen molar-refractivity contribution in [3.63, 3.8) is 0 Å². The Balaban J connectivity index is 2.38. The number of ether oxygens (including phenoxy) is 1. The third-order valence-corrected chi connectivity index (χ3v) is 3.14. The summed E-state index contributed by atoms with van der Waals surface area (Å²) < 4.78 is 6.14. The van der Waals surface area contributed by atoms with Crippen LogP contribution >= 0.6 is 0 Å². The molecule has 0 radical (unpaired) electrons. The zero-order chi connectivity index (χ0) is 13.8. The van der Waals surface area contributed by atoms with Crippen molar-refractivity contribution in [2.45, 2.75) is 39.8 Å². The summed E-state index contributed by atoms with van der Waals surface area (Å²) in [6.45, 7) is 6.96. The second-order valence-corrected chi connectivity index (χ2v) is 5.39. The average Bonchev–Trinajstić information content (AvgIpc) is 2.38. The molecule has 1 aromatic carbocycles. The van der Waals surface area contributed by atoms with E-state index in [1.807, 2.05) is 30.5 Å². The van der Waals surface area contributed by atoms with Gasteiger partial charge in [-0.15, -0.1) is 0 Å². The van der Waals surface area contributed by atoms with E-state index in [2.05, 4.69) is 25.8 Å². The van der Waals surface area contributed by atoms with Crippen molar-refractivity contribution in [3.8, 4) is 5.75 Å². The summed E-state index contributed by atoms with van der Waals surface area (Å²) in [7, 11) is 0. The molecule has 0 amide bonds. The molecule has 102 valence electrons. The molecular formula is C16H22N2O. The lowest BCUT2D eigenvalue weighted by atomic mass is 10.1. The molecule has 2 aromatic rings. The van der Waals surface area contributed by atoms with E-state index in [0.717, 1.165) is 28.6 Å². The number of rotatable bonds is 5. The summed E-state index contributed by atoms with van der Waals surface area (Å²) in [4.78, 5) is 4.42. The molecule has 2 rings (SSSR count). The van der Waals surface area contributed by atoms with Crippen LogP contribution in [0.1, 0.15) is 32.8 Å². The molecule has 19 heavy (non-hydrogen) atoms. The molecule has 1 atom stereocenters. The first-order valence-corrected chi connectivity index (χ1v) is 6.85. The van der Waals surface area contributed by atoms with Gasteiger partial charge in [0.05, 0.1) is 11.6 Å². The van der Waals surface area contributed by atoms with E-state index in [-0.39, 0.29) is 6.10 Å². The fourth-order valence-electron chi connectivity index (χ4n) is 2.36. The molecule has 0 aliphatic heterocycles. The molecule has 1 unspecified atom stereocenters. The van der Waals surface area contributed by atoms with Crippen molar-refractivity contribution in [1.29, 1.82) is 0 Å². The normalized spacial score (nSPS) is 12.9. The van der Waals surface area contributed by atoms with Crippen molar-refractivity contribution >= 4 is 10.9 Å². The molecule has 1 aromatic heterocycles. The summed E-state index contributed by atoms with van der Waals surface area (Å²) >= 11 is 0. The zero-order valence-corrected chi connectivity index (χ0v) is 11.9. The van der Waals surface area contributed by atoms with Crippen LogP contribution < -0.4 is 10.5 Å². The summed E-state index contributed by atoms with van der Waals surface area (Å²) in [5, 5.41) is 1.04. The third-order valence-electron chi connectivity index (χ3n) is 3.14. The smallest absolute Gasteiger partial charge is 0.135 e. The van der Waals surface area contributed by atoms with Crippen molar-refractivity contribution in [2.75, 3.05) is 0 Å². The maximum atomic E-state index is 6.14. The lowest BCUT2D eigenvalue weighted by molar-refractivity contribution is 0.194. The highest BCUT2D eigenvalue weighted by Gasteiger charge is 2.13. The molecular weight excluding hydrogens is 236 g/mol. The Labute approximate surface area is 114 Å². The van der Waals surface area contributed by atoms with Gasteiger partial charge in [0.1, 0.15) is 5.75 Å². The van der Waals surface area contributed by atoms with E-state index >= 15 is 0 Å². The summed E-state index contributed by atoms with van der Waals surface area (Å²) in [5.41, 5.74) is 7.72. The van der Waals surface area contributed by atoms with Gasteiger partial charge in [0.2, 0.25) is 0 Å². The lowest BCUT2D eigenvalue weighted by Gasteiger charge is -2.20. The number of aromatic nitrogens is 1. The summed E-state index contributed by atoms with van der Waals surface area (Å²) in [5.74, 6) is 1.51. The standard InChI is InChI=1S/C16H22N2O/c1-11(2)8-12(3)19-16-13(9-17)10-18-15-7-5-4-6-14(15)16/h4-7,10-12H,8-9,17H2,1-3H3. The van der Waals surface area contributed by atoms with Crippen molar-refractivity contribution in [2.24, 2.45) is 11.7 Å². The third kappa shape index (κ3) is 3.24. The largest absolute Gasteiger partial charge is 0.490 e. The molecule has 3 heteroatoms. The number of nitrogens with two attached hydrogens (primary N) is 1. The highest BCUT2D eigenvalue weighted by molar-refractivity contribution is 5.86. The lowest BCUT2D eigenvalue weighted by Crippen LogP contribution is -2.16. The van der Waals surface area contributed by atoms with Crippen LogP contribution in [0.15, 0.2) is 30.5 Å². The van der Waals surface area contributed by atoms with Crippen LogP contribution in [0.3, 0.4) is 0 Å². The Morgan fingerprint density at radius 2 is 1.95 bits per heavy atom. The van der Waals surface area contributed by atoms with Crippen molar-refractivity contribution in [1.82, 2.24) is 4.98 Å². The van der Waals surface area contributed by atoms with Gasteiger partial charge < -0.3 is 10.5 Å². The predicted octanol–water partition coefficient (Wildman–Crippen LogP) is 3.51. The molecule has 0 saturated heterocycles. The van der Waals surface area contributed by atoms with Crippen LogP contribution in [-0.2, 0) is 6.54 Å². The topological polar surface area (TPSA) is 48.1 Å². The van der Waals surface area contributed by atoms with E-state index in [0.29, 0.717) is 12.5 Å². The number of nitrogens with zero attached hydrogens (tertiary/aromatic N) is 1. The van der Waals surface area contributed by atoms with Gasteiger partial charge in [-0.2, -0.15) is 0 Å². The second-order valence-electron chi connectivity index (χ2n) is 5.39. The summed E-state index contributed by atoms with van der Waals surface area (Å²) in [6.07, 6.45) is 3.02. The van der Waals surface area contributed by atoms with E-state index < -0.39 is 0 Å². The zero-order valence-electron chi connectivity index (χ0n) is 11.9. The van der Waals surface area contributed by atoms with Gasteiger partial charge in [0.25, 0.3) is 0 Å². The Morgan fingerprint density at radius 3 is 2.63 bits per heavy atom. The van der Waals surface area contributed by atoms with E-state index in [1.165, 1.54) is 0 Å². The second kappa shape index (κ2) is 6.02. The minimum Gasteiger partial charge on any atom is -0.490 e. The Kier molecular flexibility index (Phi) is 4.38. The number of pyridine rings is 1. The fraction of sp³-hybridized carbons (Fsp3) is 0.438. The first kappa shape index (κ1) is 13.8. The quantitative estimate of drug-likeness (QED) is 0.892. The van der Waals surface area contributed by atoms with Gasteiger partial charge in [0.15, 0.2) is 0 Å². The van der Waals surface area contributed by atoms with E-state index in [4.69, 9.17) is 10.5 Å². The van der Waals surface area contributed by atoms with Gasteiger partial charge >= 0.3 is 0 Å². The van der Waals surface area contributed by atoms with Crippen LogP contribution in [-0.4, -0.2) is 11.1 Å². The first-order chi connectivity index (χ1) is 9.11. The average molecular weight is 258 g/mol. The molecule has 2 N–H and O–H groups in total. The predicted molar refractivity (Wildman–Crippen MR) is 79.2 cm³/mol. The number of hydrogen-bond donors (Lipinski definition) is 1. The molecule has 0 spiro atoms. The van der Waals surface area contributed by atoms with Gasteiger partial charge in [-0.1, -0.05) is 26.0 Å². The van der Waals surface area contributed by atoms with Gasteiger partial charge in [-0.3, -0.25) is 4.98 Å². The minimum absolute atomic E-state index is 0.177. The van der Waals surface area contributed by atoms with Crippen molar-refractivity contribution < 1.29 is 4.74 Å².